The summed E-state index contributed by atoms with van der Waals surface area (Å²) in [5.74, 6) is 0. The molecule has 0 unspecified atom stereocenters. The summed E-state index contributed by atoms with van der Waals surface area (Å²) >= 11 is 0. The Morgan fingerprint density at radius 3 is 2.30 bits per heavy atom. The van der Waals surface area contributed by atoms with Gasteiger partial charge in [-0.25, -0.2) is 4.68 Å². The quantitative estimate of drug-likeness (QED) is 0.746. The first-order chi connectivity index (χ1) is 11.2. The van der Waals surface area contributed by atoms with Crippen LogP contribution in [0.2, 0.25) is 0 Å². The van der Waals surface area contributed by atoms with Crippen LogP contribution in [0.4, 0.5) is 5.69 Å². The van der Waals surface area contributed by atoms with Crippen LogP contribution in [0.25, 0.3) is 16.9 Å². The fourth-order valence-corrected chi connectivity index (χ4v) is 3.15. The van der Waals surface area contributed by atoms with Crippen LogP contribution in [0.5, 0.6) is 0 Å². The Kier molecular flexibility index (Phi) is 3.41. The van der Waals surface area contributed by atoms with Crippen molar-refractivity contribution in [2.75, 3.05) is 18.0 Å². The molecule has 3 aromatic rings. The highest BCUT2D eigenvalue weighted by Crippen LogP contribution is 2.24. The van der Waals surface area contributed by atoms with E-state index in [1.54, 1.807) is 0 Å². The summed E-state index contributed by atoms with van der Waals surface area (Å²) in [6.45, 7) is 4.41. The molecule has 118 valence electrons. The van der Waals surface area contributed by atoms with Crippen LogP contribution >= 0.6 is 0 Å². The zero-order valence-electron chi connectivity index (χ0n) is 13.6. The van der Waals surface area contributed by atoms with Gasteiger partial charge in [0.1, 0.15) is 0 Å². The van der Waals surface area contributed by atoms with E-state index < -0.39 is 0 Å². The van der Waals surface area contributed by atoms with Crippen molar-refractivity contribution in [1.82, 2.24) is 19.6 Å². The van der Waals surface area contributed by atoms with Crippen LogP contribution in [0.15, 0.2) is 42.7 Å². The molecule has 4 rings (SSSR count). The van der Waals surface area contributed by atoms with Crippen LogP contribution in [0, 0.1) is 6.92 Å². The van der Waals surface area contributed by atoms with E-state index >= 15 is 0 Å². The molecule has 0 radical (unpaired) electrons. The Hall–Kier alpha value is -2.56. The van der Waals surface area contributed by atoms with Gasteiger partial charge in [0.25, 0.3) is 0 Å². The average molecular weight is 307 g/mol. The van der Waals surface area contributed by atoms with Gasteiger partial charge in [0.2, 0.25) is 0 Å². The number of aromatic nitrogens is 4. The van der Waals surface area contributed by atoms with E-state index in [9.17, 15) is 0 Å². The minimum atomic E-state index is 0.958. The lowest BCUT2D eigenvalue weighted by atomic mass is 10.2. The maximum Gasteiger partial charge on any atom is 0.0961 e. The number of anilines is 1. The van der Waals surface area contributed by atoms with E-state index in [4.69, 9.17) is 5.10 Å². The van der Waals surface area contributed by atoms with Gasteiger partial charge in [-0.1, -0.05) is 0 Å². The summed E-state index contributed by atoms with van der Waals surface area (Å²) in [5.41, 5.74) is 5.56. The minimum absolute atomic E-state index is 0.958. The molecule has 0 atom stereocenters. The van der Waals surface area contributed by atoms with Crippen molar-refractivity contribution in [2.45, 2.75) is 19.8 Å². The summed E-state index contributed by atoms with van der Waals surface area (Å²) in [5, 5.41) is 8.99. The topological polar surface area (TPSA) is 38.9 Å². The monoisotopic (exact) mass is 307 g/mol. The smallest absolute Gasteiger partial charge is 0.0961 e. The van der Waals surface area contributed by atoms with Gasteiger partial charge in [0.05, 0.1) is 17.6 Å². The average Bonchev–Trinajstić information content (AvgIpc) is 3.31. The van der Waals surface area contributed by atoms with Crippen LogP contribution in [-0.2, 0) is 7.05 Å². The standard InChI is InChI=1S/C18H21N5/c1-14-17(13-19-21(14)2)18-9-12-23(20-18)16-7-5-15(6-8-16)22-10-3-4-11-22/h5-9,12-13H,3-4,10-11H2,1-2H3. The van der Waals surface area contributed by atoms with Crippen molar-refractivity contribution >= 4 is 5.69 Å². The van der Waals surface area contributed by atoms with Gasteiger partial charge in [0.15, 0.2) is 0 Å². The molecule has 1 aliphatic heterocycles. The molecule has 0 aliphatic carbocycles. The van der Waals surface area contributed by atoms with E-state index in [1.165, 1.54) is 31.6 Å². The first kappa shape index (κ1) is 14.1. The molecule has 23 heavy (non-hydrogen) atoms. The van der Waals surface area contributed by atoms with Crippen molar-refractivity contribution in [1.29, 1.82) is 0 Å². The maximum atomic E-state index is 4.70. The Bertz CT molecular complexity index is 806. The predicted molar refractivity (Wildman–Crippen MR) is 92.0 cm³/mol. The van der Waals surface area contributed by atoms with Gasteiger partial charge in [-0.2, -0.15) is 10.2 Å². The zero-order valence-corrected chi connectivity index (χ0v) is 13.6. The van der Waals surface area contributed by atoms with Gasteiger partial charge in [0, 0.05) is 43.3 Å². The van der Waals surface area contributed by atoms with Crippen LogP contribution < -0.4 is 4.90 Å². The first-order valence-electron chi connectivity index (χ1n) is 8.12. The lowest BCUT2D eigenvalue weighted by Gasteiger charge is -2.17. The zero-order chi connectivity index (χ0) is 15.8. The molecule has 0 bridgehead atoms. The summed E-state index contributed by atoms with van der Waals surface area (Å²) < 4.78 is 3.80. The normalized spacial score (nSPS) is 14.6. The third kappa shape index (κ3) is 2.52. The summed E-state index contributed by atoms with van der Waals surface area (Å²) in [4.78, 5) is 2.44. The summed E-state index contributed by atoms with van der Waals surface area (Å²) in [6, 6.07) is 10.7. The van der Waals surface area contributed by atoms with E-state index in [0.29, 0.717) is 0 Å². The molecular weight excluding hydrogens is 286 g/mol. The number of benzene rings is 1. The van der Waals surface area contributed by atoms with Gasteiger partial charge in [-0.05, 0) is 50.1 Å². The Morgan fingerprint density at radius 1 is 0.957 bits per heavy atom. The molecular formula is C18H21N5. The summed E-state index contributed by atoms with van der Waals surface area (Å²) in [7, 11) is 1.95. The molecule has 1 fully saturated rings. The number of rotatable bonds is 3. The van der Waals surface area contributed by atoms with E-state index in [-0.39, 0.29) is 0 Å². The fraction of sp³-hybridized carbons (Fsp3) is 0.333. The third-order valence-corrected chi connectivity index (χ3v) is 4.69. The largest absolute Gasteiger partial charge is 0.372 e. The second kappa shape index (κ2) is 5.57. The van der Waals surface area contributed by atoms with Crippen molar-refractivity contribution in [3.05, 3.63) is 48.4 Å². The Balaban J connectivity index is 1.60. The molecule has 0 amide bonds. The highest BCUT2D eigenvalue weighted by molar-refractivity contribution is 5.61. The predicted octanol–water partition coefficient (Wildman–Crippen LogP) is 3.18. The van der Waals surface area contributed by atoms with Gasteiger partial charge in [-0.15, -0.1) is 0 Å². The third-order valence-electron chi connectivity index (χ3n) is 4.69. The van der Waals surface area contributed by atoms with Crippen molar-refractivity contribution < 1.29 is 0 Å². The molecule has 0 N–H and O–H groups in total. The number of nitrogens with zero attached hydrogens (tertiary/aromatic N) is 5. The van der Waals surface area contributed by atoms with Crippen molar-refractivity contribution in [3.63, 3.8) is 0 Å². The maximum absolute atomic E-state index is 4.70. The molecule has 1 aromatic carbocycles. The van der Waals surface area contributed by atoms with Crippen molar-refractivity contribution in [2.24, 2.45) is 7.05 Å². The Morgan fingerprint density at radius 2 is 1.65 bits per heavy atom. The molecule has 2 aromatic heterocycles. The van der Waals surface area contributed by atoms with Gasteiger partial charge >= 0.3 is 0 Å². The lowest BCUT2D eigenvalue weighted by molar-refractivity contribution is 0.740. The van der Waals surface area contributed by atoms with E-state index in [1.807, 2.05) is 34.9 Å². The molecule has 0 saturated carbocycles. The van der Waals surface area contributed by atoms with Gasteiger partial charge < -0.3 is 4.90 Å². The number of hydrogen-bond donors (Lipinski definition) is 0. The highest BCUT2D eigenvalue weighted by Gasteiger charge is 2.13. The van der Waals surface area contributed by atoms with Crippen LogP contribution in [0.3, 0.4) is 0 Å². The van der Waals surface area contributed by atoms with Crippen LogP contribution in [0.1, 0.15) is 18.5 Å². The minimum Gasteiger partial charge on any atom is -0.372 e. The van der Waals surface area contributed by atoms with E-state index in [2.05, 4.69) is 41.2 Å². The molecule has 5 heteroatoms. The molecule has 5 nitrogen and oxygen atoms in total. The molecule has 1 aliphatic rings. The lowest BCUT2D eigenvalue weighted by Crippen LogP contribution is -2.17. The summed E-state index contributed by atoms with van der Waals surface area (Å²) in [6.07, 6.45) is 6.48. The highest BCUT2D eigenvalue weighted by atomic mass is 15.3. The van der Waals surface area contributed by atoms with Gasteiger partial charge in [-0.3, -0.25) is 4.68 Å². The second-order valence-electron chi connectivity index (χ2n) is 6.12. The van der Waals surface area contributed by atoms with Crippen LogP contribution in [-0.4, -0.2) is 32.7 Å². The van der Waals surface area contributed by atoms with Crippen molar-refractivity contribution in [3.8, 4) is 16.9 Å². The number of hydrogen-bond acceptors (Lipinski definition) is 3. The first-order valence-corrected chi connectivity index (χ1v) is 8.12. The second-order valence-corrected chi connectivity index (χ2v) is 6.12. The molecule has 0 spiro atoms. The molecule has 1 saturated heterocycles. The van der Waals surface area contributed by atoms with E-state index in [0.717, 1.165) is 22.6 Å². The number of aryl methyl sites for hydroxylation is 1. The Labute approximate surface area is 136 Å². The fourth-order valence-electron chi connectivity index (χ4n) is 3.15. The molecule has 3 heterocycles. The SMILES string of the molecule is Cc1c(-c2ccn(-c3ccc(N4CCCC4)cc3)n2)cnn1C.